The summed E-state index contributed by atoms with van der Waals surface area (Å²) in [6, 6.07) is 3.62. The maximum atomic E-state index is 8.61. The predicted molar refractivity (Wildman–Crippen MR) is 42.9 cm³/mol. The highest BCUT2D eigenvalue weighted by Gasteiger charge is 2.01. The second-order valence-electron chi connectivity index (χ2n) is 1.86. The van der Waals surface area contributed by atoms with Crippen LogP contribution in [0.5, 0.6) is 5.75 Å². The van der Waals surface area contributed by atoms with Crippen molar-refractivity contribution in [1.29, 1.82) is 5.26 Å². The van der Waals surface area contributed by atoms with E-state index in [1.165, 1.54) is 7.11 Å². The summed E-state index contributed by atoms with van der Waals surface area (Å²) in [5, 5.41) is 8.61. The Balaban J connectivity index is 3.40. The van der Waals surface area contributed by atoms with Gasteiger partial charge in [0.2, 0.25) is 0 Å². The highest BCUT2D eigenvalue weighted by Crippen LogP contribution is 2.15. The molecule has 0 aromatic carbocycles. The van der Waals surface area contributed by atoms with Gasteiger partial charge in [-0.1, -0.05) is 12.2 Å². The first-order valence-corrected chi connectivity index (χ1v) is 3.36. The Kier molecular flexibility index (Phi) is 2.24. The zero-order chi connectivity index (χ0) is 8.27. The summed E-state index contributed by atoms with van der Waals surface area (Å²) in [6.07, 6.45) is 1.64. The molecular weight excluding hydrogens is 160 g/mol. The van der Waals surface area contributed by atoms with E-state index in [-0.39, 0.29) is 0 Å². The summed E-state index contributed by atoms with van der Waals surface area (Å²) in [5.41, 5.74) is 0.380. The molecule has 56 valence electrons. The normalized spacial score (nSPS) is 8.73. The molecule has 0 atom stereocenters. The van der Waals surface area contributed by atoms with Gasteiger partial charge in [-0.2, -0.15) is 5.26 Å². The third-order valence-corrected chi connectivity index (χ3v) is 1.58. The van der Waals surface area contributed by atoms with Crippen molar-refractivity contribution in [2.24, 2.45) is 0 Å². The number of hydrogen-bond acceptors (Lipinski definition) is 3. The molecule has 1 aromatic heterocycles. The van der Waals surface area contributed by atoms with E-state index < -0.39 is 0 Å². The van der Waals surface area contributed by atoms with Crippen molar-refractivity contribution in [1.82, 2.24) is 4.98 Å². The van der Waals surface area contributed by atoms with Crippen LogP contribution in [0.2, 0.25) is 0 Å². The first-order chi connectivity index (χ1) is 5.29. The molecule has 1 rings (SSSR count). The first kappa shape index (κ1) is 7.76. The maximum Gasteiger partial charge on any atom is 0.141 e. The van der Waals surface area contributed by atoms with E-state index in [1.54, 1.807) is 12.3 Å². The summed E-state index contributed by atoms with van der Waals surface area (Å²) in [5.74, 6) is 0.510. The molecule has 0 aliphatic carbocycles. The van der Waals surface area contributed by atoms with Gasteiger partial charge in [0.1, 0.15) is 22.0 Å². The fraction of sp³-hybridized carbons (Fsp3) is 0.143. The van der Waals surface area contributed by atoms with Gasteiger partial charge in [-0.05, 0) is 6.07 Å². The molecule has 1 aromatic rings. The third-order valence-electron chi connectivity index (χ3n) is 1.25. The topological polar surface area (TPSA) is 48.8 Å². The number of ether oxygens (including phenoxy) is 1. The van der Waals surface area contributed by atoms with E-state index in [1.807, 2.05) is 6.07 Å². The zero-order valence-corrected chi connectivity index (χ0v) is 6.73. The molecule has 11 heavy (non-hydrogen) atoms. The molecule has 0 fully saturated rings. The van der Waals surface area contributed by atoms with E-state index in [0.29, 0.717) is 16.0 Å². The summed E-state index contributed by atoms with van der Waals surface area (Å²) < 4.78 is 5.32. The quantitative estimate of drug-likeness (QED) is 0.645. The standard InChI is InChI=1S/C7H6N2OS/c1-10-6-2-3-9-7(11)5(6)4-8/h2-3H,1H3,(H,9,11). The van der Waals surface area contributed by atoms with Crippen molar-refractivity contribution in [2.45, 2.75) is 0 Å². The van der Waals surface area contributed by atoms with E-state index in [2.05, 4.69) is 4.98 Å². The molecule has 1 heterocycles. The fourth-order valence-corrected chi connectivity index (χ4v) is 0.951. The van der Waals surface area contributed by atoms with Gasteiger partial charge in [-0.3, -0.25) is 0 Å². The Bertz CT molecular complexity index is 350. The molecule has 0 saturated heterocycles. The molecule has 0 bridgehead atoms. The minimum absolute atomic E-state index is 0.380. The van der Waals surface area contributed by atoms with Crippen LogP contribution < -0.4 is 4.74 Å². The second kappa shape index (κ2) is 3.17. The number of pyridine rings is 1. The highest BCUT2D eigenvalue weighted by molar-refractivity contribution is 7.71. The molecule has 3 nitrogen and oxygen atoms in total. The van der Waals surface area contributed by atoms with Crippen LogP contribution in [0.3, 0.4) is 0 Å². The van der Waals surface area contributed by atoms with Crippen LogP contribution in [-0.2, 0) is 0 Å². The lowest BCUT2D eigenvalue weighted by molar-refractivity contribution is 0.412. The molecule has 0 amide bonds. The number of nitriles is 1. The average molecular weight is 166 g/mol. The number of nitrogens with one attached hydrogen (secondary N) is 1. The van der Waals surface area contributed by atoms with Gasteiger partial charge in [-0.25, -0.2) is 0 Å². The van der Waals surface area contributed by atoms with E-state index in [4.69, 9.17) is 22.2 Å². The Labute approximate surface area is 69.2 Å². The molecule has 1 N–H and O–H groups in total. The smallest absolute Gasteiger partial charge is 0.141 e. The number of aromatic nitrogens is 1. The minimum Gasteiger partial charge on any atom is -0.495 e. The van der Waals surface area contributed by atoms with Crippen LogP contribution in [0.15, 0.2) is 12.3 Å². The van der Waals surface area contributed by atoms with Gasteiger partial charge >= 0.3 is 0 Å². The highest BCUT2D eigenvalue weighted by atomic mass is 32.1. The van der Waals surface area contributed by atoms with Crippen molar-refractivity contribution in [2.75, 3.05) is 7.11 Å². The van der Waals surface area contributed by atoms with Gasteiger partial charge in [-0.15, -0.1) is 0 Å². The Morgan fingerprint density at radius 2 is 2.45 bits per heavy atom. The summed E-state index contributed by atoms with van der Waals surface area (Å²) in [6.45, 7) is 0. The van der Waals surface area contributed by atoms with Crippen LogP contribution in [0.1, 0.15) is 5.56 Å². The second-order valence-corrected chi connectivity index (χ2v) is 2.27. The number of rotatable bonds is 1. The third kappa shape index (κ3) is 1.38. The molecule has 0 saturated carbocycles. The lowest BCUT2D eigenvalue weighted by Gasteiger charge is -1.99. The molecule has 4 heteroatoms. The van der Waals surface area contributed by atoms with Crippen molar-refractivity contribution < 1.29 is 4.74 Å². The SMILES string of the molecule is COc1cc[nH]c(=S)c1C#N. The predicted octanol–water partition coefficient (Wildman–Crippen LogP) is 1.62. The number of aromatic amines is 1. The molecule has 0 spiro atoms. The van der Waals surface area contributed by atoms with E-state index in [9.17, 15) is 0 Å². The van der Waals surface area contributed by atoms with Gasteiger partial charge in [0, 0.05) is 6.20 Å². The van der Waals surface area contributed by atoms with Crippen molar-refractivity contribution in [3.8, 4) is 11.8 Å². The van der Waals surface area contributed by atoms with E-state index in [0.717, 1.165) is 0 Å². The van der Waals surface area contributed by atoms with Crippen LogP contribution in [0, 0.1) is 16.0 Å². The Morgan fingerprint density at radius 3 is 2.91 bits per heavy atom. The van der Waals surface area contributed by atoms with Gasteiger partial charge in [0.25, 0.3) is 0 Å². The number of H-pyrrole nitrogens is 1. The molecule has 0 radical (unpaired) electrons. The summed E-state index contributed by atoms with van der Waals surface area (Å²) >= 11 is 4.85. The van der Waals surface area contributed by atoms with Crippen molar-refractivity contribution in [3.63, 3.8) is 0 Å². The van der Waals surface area contributed by atoms with E-state index >= 15 is 0 Å². The summed E-state index contributed by atoms with van der Waals surface area (Å²) in [4.78, 5) is 2.74. The lowest BCUT2D eigenvalue weighted by Crippen LogP contribution is -1.89. The lowest BCUT2D eigenvalue weighted by atomic mass is 10.3. The maximum absolute atomic E-state index is 8.61. The van der Waals surface area contributed by atoms with Gasteiger partial charge < -0.3 is 9.72 Å². The zero-order valence-electron chi connectivity index (χ0n) is 5.92. The Hall–Kier alpha value is -1.34. The number of methoxy groups -OCH3 is 1. The molecule has 0 aliphatic heterocycles. The minimum atomic E-state index is 0.380. The number of nitrogens with zero attached hydrogens (tertiary/aromatic N) is 1. The van der Waals surface area contributed by atoms with Gasteiger partial charge in [0.05, 0.1) is 7.11 Å². The fourth-order valence-electron chi connectivity index (χ4n) is 0.736. The first-order valence-electron chi connectivity index (χ1n) is 2.95. The number of hydrogen-bond donors (Lipinski definition) is 1. The molecule has 0 unspecified atom stereocenters. The largest absolute Gasteiger partial charge is 0.495 e. The molecular formula is C7H6N2OS. The molecule has 0 aliphatic rings. The summed E-state index contributed by atoms with van der Waals surface area (Å²) in [7, 11) is 1.50. The van der Waals surface area contributed by atoms with Crippen LogP contribution in [0.4, 0.5) is 0 Å². The van der Waals surface area contributed by atoms with Crippen LogP contribution in [0.25, 0.3) is 0 Å². The van der Waals surface area contributed by atoms with Crippen molar-refractivity contribution in [3.05, 3.63) is 22.5 Å². The monoisotopic (exact) mass is 166 g/mol. The van der Waals surface area contributed by atoms with Crippen LogP contribution in [-0.4, -0.2) is 12.1 Å². The van der Waals surface area contributed by atoms with Gasteiger partial charge in [0.15, 0.2) is 0 Å². The van der Waals surface area contributed by atoms with Crippen LogP contribution >= 0.6 is 12.2 Å². The van der Waals surface area contributed by atoms with Crippen molar-refractivity contribution >= 4 is 12.2 Å². The average Bonchev–Trinajstić information content (AvgIpc) is 2.04. The Morgan fingerprint density at radius 1 is 1.73 bits per heavy atom.